The molecule has 1 unspecified atom stereocenters. The van der Waals surface area contributed by atoms with Crippen molar-refractivity contribution in [2.45, 2.75) is 37.6 Å². The molecule has 1 spiro atoms. The number of carbonyl (C=O) groups is 4. The third kappa shape index (κ3) is 4.41. The highest BCUT2D eigenvalue weighted by atomic mass is 16.3. The van der Waals surface area contributed by atoms with E-state index in [2.05, 4.69) is 44.7 Å². The molecule has 1 aromatic heterocycles. The number of anilines is 2. The summed E-state index contributed by atoms with van der Waals surface area (Å²) in [6.07, 6.45) is 2.35. The number of nitrogens with two attached hydrogens (primary N) is 1. The lowest BCUT2D eigenvalue weighted by molar-refractivity contribution is -0.136. The monoisotopic (exact) mass is 614 g/mol. The van der Waals surface area contributed by atoms with Crippen LogP contribution in [0.25, 0.3) is 22.4 Å². The van der Waals surface area contributed by atoms with Crippen molar-refractivity contribution in [3.05, 3.63) is 89.5 Å². The van der Waals surface area contributed by atoms with Crippen LogP contribution < -0.4 is 16.0 Å². The number of benzene rings is 3. The number of aromatic hydroxyl groups is 1. The molecular weight excluding hydrogens is 584 g/mol. The summed E-state index contributed by atoms with van der Waals surface area (Å²) in [7, 11) is 0. The predicted octanol–water partition coefficient (Wildman–Crippen LogP) is 3.88. The number of imide groups is 2. The van der Waals surface area contributed by atoms with E-state index in [9.17, 15) is 24.3 Å². The van der Waals surface area contributed by atoms with Gasteiger partial charge in [0.1, 0.15) is 11.8 Å². The van der Waals surface area contributed by atoms with E-state index in [1.54, 1.807) is 30.3 Å². The number of hydrogen-bond acceptors (Lipinski definition) is 9. The van der Waals surface area contributed by atoms with Crippen LogP contribution in [0.2, 0.25) is 0 Å². The minimum absolute atomic E-state index is 0.0919. The fourth-order valence-electron chi connectivity index (χ4n) is 7.47. The summed E-state index contributed by atoms with van der Waals surface area (Å²) in [4.78, 5) is 53.4. The molecule has 46 heavy (non-hydrogen) atoms. The Labute approximate surface area is 264 Å². The van der Waals surface area contributed by atoms with E-state index in [-0.39, 0.29) is 24.0 Å². The van der Waals surface area contributed by atoms with Crippen LogP contribution in [0.3, 0.4) is 0 Å². The average molecular weight is 615 g/mol. The van der Waals surface area contributed by atoms with Crippen molar-refractivity contribution < 1.29 is 24.3 Å². The molecular formula is C35H30N6O5. The van der Waals surface area contributed by atoms with Gasteiger partial charge in [-0.2, -0.15) is 0 Å². The number of para-hydroxylation sites is 1. The van der Waals surface area contributed by atoms with E-state index in [0.717, 1.165) is 47.6 Å². The molecule has 4 N–H and O–H groups in total. The summed E-state index contributed by atoms with van der Waals surface area (Å²) in [5.41, 5.74) is 12.0. The molecule has 0 bridgehead atoms. The van der Waals surface area contributed by atoms with Gasteiger partial charge in [-0.3, -0.25) is 29.4 Å². The number of nitrogens with zero attached hydrogens (tertiary/aromatic N) is 4. The number of carbonyl (C=O) groups excluding carboxylic acids is 4. The number of hydrogen-bond donors (Lipinski definition) is 3. The first kappa shape index (κ1) is 27.9. The first-order valence-electron chi connectivity index (χ1n) is 15.3. The topological polar surface area (TPSA) is 159 Å². The Balaban J connectivity index is 0.915. The van der Waals surface area contributed by atoms with Gasteiger partial charge in [0.2, 0.25) is 11.8 Å². The highest BCUT2D eigenvalue weighted by molar-refractivity contribution is 6.23. The van der Waals surface area contributed by atoms with Crippen LogP contribution in [0.15, 0.2) is 72.8 Å². The van der Waals surface area contributed by atoms with Crippen LogP contribution in [0, 0.1) is 5.41 Å². The molecule has 3 fully saturated rings. The van der Waals surface area contributed by atoms with Gasteiger partial charge in [-0.05, 0) is 72.7 Å². The van der Waals surface area contributed by atoms with Gasteiger partial charge in [0, 0.05) is 41.7 Å². The molecule has 0 radical (unpaired) electrons. The largest absolute Gasteiger partial charge is 0.507 e. The molecule has 230 valence electrons. The van der Waals surface area contributed by atoms with Crippen molar-refractivity contribution in [1.82, 2.24) is 20.4 Å². The van der Waals surface area contributed by atoms with Crippen LogP contribution in [0.5, 0.6) is 5.75 Å². The summed E-state index contributed by atoms with van der Waals surface area (Å²) in [6, 6.07) is 21.6. The van der Waals surface area contributed by atoms with Gasteiger partial charge >= 0.3 is 0 Å². The maximum Gasteiger partial charge on any atom is 0.262 e. The molecule has 11 heteroatoms. The third-order valence-electron chi connectivity index (χ3n) is 9.90. The summed E-state index contributed by atoms with van der Waals surface area (Å²) in [5.74, 6) is -1.08. The molecule has 4 heterocycles. The number of piperidine rings is 1. The average Bonchev–Trinajstić information content (AvgIpc) is 3.25. The van der Waals surface area contributed by atoms with Crippen molar-refractivity contribution in [3.63, 3.8) is 0 Å². The minimum atomic E-state index is -0.971. The van der Waals surface area contributed by atoms with Crippen LogP contribution in [-0.4, -0.2) is 63.0 Å². The van der Waals surface area contributed by atoms with Crippen LogP contribution in [0.4, 0.5) is 11.5 Å². The fraction of sp³-hybridized carbons (Fsp3) is 0.257. The molecule has 1 saturated carbocycles. The van der Waals surface area contributed by atoms with Gasteiger partial charge in [0.15, 0.2) is 5.82 Å². The highest BCUT2D eigenvalue weighted by Crippen LogP contribution is 2.57. The Morgan fingerprint density at radius 3 is 2.30 bits per heavy atom. The summed E-state index contributed by atoms with van der Waals surface area (Å²) in [6.45, 7) is 1.74. The number of nitrogens with one attached hydrogen (secondary N) is 1. The lowest BCUT2D eigenvalue weighted by Gasteiger charge is -2.60. The standard InChI is InChI=1S/C35H30N6O5/c36-31-25(14-27(38-39-31)24-3-1-2-4-29(24)42)20-7-5-19(6-8-20)21-15-35(16-21)17-40(18-35)22-9-10-23-26(13-22)34(46)41(33(23)45)28-11-12-30(43)37-32(28)44/h1-10,13-14,21,28,42H,11-12,15-18H2,(H2,36,39)(H,37,43,44). The SMILES string of the molecule is Nc1nnc(-c2ccccc2O)cc1-c1ccc(C2CC3(C2)CN(c2ccc4c(c2)C(=O)N(C2CCC(=O)NC2=O)C4=O)C3)cc1. The van der Waals surface area contributed by atoms with E-state index in [1.807, 2.05) is 18.2 Å². The first-order chi connectivity index (χ1) is 22.2. The molecule has 4 amide bonds. The molecule has 11 nitrogen and oxygen atoms in total. The second kappa shape index (κ2) is 10.2. The summed E-state index contributed by atoms with van der Waals surface area (Å²) in [5, 5.41) is 20.8. The maximum absolute atomic E-state index is 13.2. The Morgan fingerprint density at radius 1 is 0.826 bits per heavy atom. The number of nitrogen functional groups attached to an aromatic ring is 1. The van der Waals surface area contributed by atoms with Crippen molar-refractivity contribution in [2.75, 3.05) is 23.7 Å². The van der Waals surface area contributed by atoms with Gasteiger partial charge in [0.25, 0.3) is 11.8 Å². The van der Waals surface area contributed by atoms with Gasteiger partial charge < -0.3 is 15.7 Å². The molecule has 4 aromatic rings. The number of phenols is 1. The van der Waals surface area contributed by atoms with Crippen molar-refractivity contribution in [3.8, 4) is 28.1 Å². The van der Waals surface area contributed by atoms with Gasteiger partial charge in [-0.15, -0.1) is 10.2 Å². The van der Waals surface area contributed by atoms with E-state index < -0.39 is 29.7 Å². The van der Waals surface area contributed by atoms with Crippen molar-refractivity contribution >= 4 is 35.1 Å². The molecule has 3 aromatic carbocycles. The number of amides is 4. The molecule has 1 atom stereocenters. The number of phenolic OH excluding ortho intramolecular Hbond substituents is 1. The minimum Gasteiger partial charge on any atom is -0.507 e. The quantitative estimate of drug-likeness (QED) is 0.284. The Morgan fingerprint density at radius 2 is 1.57 bits per heavy atom. The van der Waals surface area contributed by atoms with Crippen LogP contribution in [0.1, 0.15) is 57.9 Å². The lowest BCUT2D eigenvalue weighted by atomic mass is 9.56. The lowest BCUT2D eigenvalue weighted by Crippen LogP contribution is -2.61. The highest BCUT2D eigenvalue weighted by Gasteiger charge is 2.53. The van der Waals surface area contributed by atoms with E-state index >= 15 is 0 Å². The van der Waals surface area contributed by atoms with E-state index in [4.69, 9.17) is 5.73 Å². The molecule has 1 aliphatic carbocycles. The number of aromatic nitrogens is 2. The Bertz CT molecular complexity index is 1960. The second-order valence-electron chi connectivity index (χ2n) is 12.8. The zero-order valence-electron chi connectivity index (χ0n) is 24.8. The second-order valence-corrected chi connectivity index (χ2v) is 12.8. The van der Waals surface area contributed by atoms with E-state index in [0.29, 0.717) is 34.1 Å². The zero-order valence-corrected chi connectivity index (χ0v) is 24.8. The smallest absolute Gasteiger partial charge is 0.262 e. The van der Waals surface area contributed by atoms with Crippen LogP contribution in [-0.2, 0) is 9.59 Å². The normalized spacial score (nSPS) is 20.4. The Hall–Kier alpha value is -5.58. The number of fused-ring (bicyclic) bond motifs is 1. The van der Waals surface area contributed by atoms with Crippen molar-refractivity contribution in [1.29, 1.82) is 0 Å². The maximum atomic E-state index is 13.2. The molecule has 8 rings (SSSR count). The van der Waals surface area contributed by atoms with E-state index in [1.165, 1.54) is 5.56 Å². The fourth-order valence-corrected chi connectivity index (χ4v) is 7.47. The zero-order chi connectivity index (χ0) is 31.7. The molecule has 3 aliphatic heterocycles. The Kier molecular flexibility index (Phi) is 6.21. The van der Waals surface area contributed by atoms with Gasteiger partial charge in [-0.25, -0.2) is 0 Å². The summed E-state index contributed by atoms with van der Waals surface area (Å²) >= 11 is 0. The molecule has 2 saturated heterocycles. The van der Waals surface area contributed by atoms with Crippen molar-refractivity contribution in [2.24, 2.45) is 5.41 Å². The van der Waals surface area contributed by atoms with Gasteiger partial charge in [0.05, 0.1) is 16.8 Å². The number of rotatable bonds is 5. The molecule has 4 aliphatic rings. The van der Waals surface area contributed by atoms with Crippen LogP contribution >= 0.6 is 0 Å². The van der Waals surface area contributed by atoms with Gasteiger partial charge in [-0.1, -0.05) is 36.4 Å². The predicted molar refractivity (Wildman–Crippen MR) is 169 cm³/mol. The first-order valence-corrected chi connectivity index (χ1v) is 15.3. The third-order valence-corrected chi connectivity index (χ3v) is 9.90. The summed E-state index contributed by atoms with van der Waals surface area (Å²) < 4.78 is 0.